The van der Waals surface area contributed by atoms with Crippen molar-refractivity contribution >= 4 is 17.0 Å². The molecule has 11 heteroatoms. The summed E-state index contributed by atoms with van der Waals surface area (Å²) in [5.74, 6) is -0.486. The maximum atomic E-state index is 14.0. The van der Waals surface area contributed by atoms with Crippen LogP contribution in [0.5, 0.6) is 0 Å². The van der Waals surface area contributed by atoms with Gasteiger partial charge < -0.3 is 4.74 Å². The predicted molar refractivity (Wildman–Crippen MR) is 75.5 cm³/mol. The van der Waals surface area contributed by atoms with Crippen LogP contribution in [-0.2, 0) is 29.8 Å². The highest BCUT2D eigenvalue weighted by atomic mass is 32.2. The zero-order valence-corrected chi connectivity index (χ0v) is 14.5. The summed E-state index contributed by atoms with van der Waals surface area (Å²) < 4.78 is 86.9. The van der Waals surface area contributed by atoms with Crippen molar-refractivity contribution in [1.29, 1.82) is 0 Å². The van der Waals surface area contributed by atoms with Gasteiger partial charge in [0.25, 0.3) is 17.2 Å². The third kappa shape index (κ3) is 2.07. The number of hydrogen-bond donors (Lipinski definition) is 0. The number of alkyl halides is 5. The molecular formula is C15H17F5O5S. The second-order valence-electron chi connectivity index (χ2n) is 7.82. The number of carbonyl (C=O) groups is 1. The summed E-state index contributed by atoms with van der Waals surface area (Å²) in [6.07, 6.45) is -6.07. The molecule has 26 heavy (non-hydrogen) atoms. The van der Waals surface area contributed by atoms with Gasteiger partial charge in [0.1, 0.15) is 0 Å². The first-order valence-electron chi connectivity index (χ1n) is 8.27. The van der Waals surface area contributed by atoms with Gasteiger partial charge in [-0.1, -0.05) is 0 Å². The SMILES string of the molecule is COOS(=O)C(F)(F)C(OC(=O)C12CC3CC4CC(C1)C42C3)C(F)(F)F. The molecule has 0 N–H and O–H groups in total. The van der Waals surface area contributed by atoms with Crippen molar-refractivity contribution < 1.29 is 44.9 Å². The van der Waals surface area contributed by atoms with Gasteiger partial charge in [-0.15, -0.1) is 4.33 Å². The summed E-state index contributed by atoms with van der Waals surface area (Å²) in [6.45, 7) is 0. The van der Waals surface area contributed by atoms with E-state index in [2.05, 4.69) is 14.0 Å². The van der Waals surface area contributed by atoms with Gasteiger partial charge in [-0.25, -0.2) is 9.10 Å². The fourth-order valence-electron chi connectivity index (χ4n) is 6.28. The van der Waals surface area contributed by atoms with E-state index in [9.17, 15) is 31.0 Å². The van der Waals surface area contributed by atoms with E-state index in [4.69, 9.17) is 0 Å². The van der Waals surface area contributed by atoms with Crippen LogP contribution in [0.25, 0.3) is 0 Å². The molecular weight excluding hydrogens is 387 g/mol. The Kier molecular flexibility index (Phi) is 3.84. The molecule has 0 aromatic heterocycles. The number of halogens is 5. The molecule has 0 aromatic carbocycles. The number of rotatable bonds is 6. The van der Waals surface area contributed by atoms with E-state index in [0.29, 0.717) is 12.8 Å². The Morgan fingerprint density at radius 2 is 1.81 bits per heavy atom. The van der Waals surface area contributed by atoms with E-state index in [1.807, 2.05) is 0 Å². The van der Waals surface area contributed by atoms with Crippen molar-refractivity contribution in [3.8, 4) is 0 Å². The van der Waals surface area contributed by atoms with Crippen molar-refractivity contribution in [2.75, 3.05) is 7.11 Å². The molecule has 0 aromatic rings. The predicted octanol–water partition coefficient (Wildman–Crippen LogP) is 3.12. The largest absolute Gasteiger partial charge is 0.444 e. The Labute approximate surface area is 148 Å². The molecule has 0 aliphatic heterocycles. The van der Waals surface area contributed by atoms with Crippen LogP contribution >= 0.6 is 0 Å². The summed E-state index contributed by atoms with van der Waals surface area (Å²) in [4.78, 5) is 16.4. The molecule has 4 fully saturated rings. The maximum absolute atomic E-state index is 14.0. The Bertz CT molecular complexity index is 669. The molecule has 5 nitrogen and oxygen atoms in total. The molecule has 0 amide bonds. The summed E-state index contributed by atoms with van der Waals surface area (Å²) in [5.41, 5.74) is -1.48. The van der Waals surface area contributed by atoms with E-state index in [0.717, 1.165) is 26.4 Å². The standard InChI is InChI=1S/C15H17F5O5S/c1-23-25-26(22)15(19,20)10(14(16,17)18)24-11(21)12-4-7-2-8-3-9(6-12)13(8,12)5-7/h7-10H,2-6H2,1H3. The highest BCUT2D eigenvalue weighted by Crippen LogP contribution is 2.86. The molecule has 2 bridgehead atoms. The van der Waals surface area contributed by atoms with Crippen LogP contribution in [0.2, 0.25) is 0 Å². The fraction of sp³-hybridized carbons (Fsp3) is 0.933. The summed E-state index contributed by atoms with van der Waals surface area (Å²) in [5, 5.41) is -5.00. The minimum absolute atomic E-state index is 0.232. The van der Waals surface area contributed by atoms with Gasteiger partial charge in [-0.2, -0.15) is 22.0 Å². The zero-order chi connectivity index (χ0) is 19.1. The highest BCUT2D eigenvalue weighted by molar-refractivity contribution is 7.81. The van der Waals surface area contributed by atoms with Crippen molar-refractivity contribution in [3.63, 3.8) is 0 Å². The molecule has 7 unspecified atom stereocenters. The number of fused-ring (bicyclic) bond motifs is 1. The van der Waals surface area contributed by atoms with Gasteiger partial charge in [0, 0.05) is 0 Å². The monoisotopic (exact) mass is 404 g/mol. The molecule has 4 aliphatic carbocycles. The highest BCUT2D eigenvalue weighted by Gasteiger charge is 2.84. The topological polar surface area (TPSA) is 61.8 Å². The minimum atomic E-state index is -5.61. The lowest BCUT2D eigenvalue weighted by atomic mass is 9.32. The number of hydrogen-bond acceptors (Lipinski definition) is 5. The van der Waals surface area contributed by atoms with Gasteiger partial charge >= 0.3 is 17.4 Å². The Hall–Kier alpha value is -0.810. The average molecular weight is 404 g/mol. The van der Waals surface area contributed by atoms with E-state index in [-0.39, 0.29) is 23.2 Å². The van der Waals surface area contributed by atoms with Gasteiger partial charge in [0.05, 0.1) is 12.5 Å². The summed E-state index contributed by atoms with van der Waals surface area (Å²) in [6, 6.07) is 0. The van der Waals surface area contributed by atoms with Gasteiger partial charge in [-0.05, 0) is 55.3 Å². The third-order valence-corrected chi connectivity index (χ3v) is 7.88. The van der Waals surface area contributed by atoms with Gasteiger partial charge in [0.15, 0.2) is 0 Å². The minimum Gasteiger partial charge on any atom is -0.444 e. The molecule has 4 saturated carbocycles. The first-order chi connectivity index (χ1) is 12.0. The van der Waals surface area contributed by atoms with E-state index >= 15 is 0 Å². The quantitative estimate of drug-likeness (QED) is 0.295. The van der Waals surface area contributed by atoms with E-state index in [1.165, 1.54) is 0 Å². The van der Waals surface area contributed by atoms with Crippen LogP contribution in [0.1, 0.15) is 32.1 Å². The van der Waals surface area contributed by atoms with Gasteiger partial charge in [-0.3, -0.25) is 4.79 Å². The van der Waals surface area contributed by atoms with Crippen LogP contribution in [0, 0.1) is 28.6 Å². The number of esters is 1. The fourth-order valence-corrected chi connectivity index (χ4v) is 6.85. The van der Waals surface area contributed by atoms with E-state index < -0.39 is 40.0 Å². The smallest absolute Gasteiger partial charge is 0.432 e. The molecule has 1 spiro atoms. The first kappa shape index (κ1) is 18.5. The van der Waals surface area contributed by atoms with E-state index in [1.54, 1.807) is 0 Å². The summed E-state index contributed by atoms with van der Waals surface area (Å²) >= 11 is -3.78. The molecule has 4 rings (SSSR count). The Morgan fingerprint density at radius 1 is 1.12 bits per heavy atom. The van der Waals surface area contributed by atoms with Crippen LogP contribution in [0.15, 0.2) is 0 Å². The molecule has 0 saturated heterocycles. The molecule has 4 aliphatic rings. The second-order valence-corrected chi connectivity index (χ2v) is 8.97. The molecule has 0 heterocycles. The first-order valence-corrected chi connectivity index (χ1v) is 9.35. The van der Waals surface area contributed by atoms with Crippen LogP contribution < -0.4 is 0 Å². The lowest BCUT2D eigenvalue weighted by Crippen LogP contribution is -2.70. The lowest BCUT2D eigenvalue weighted by molar-refractivity contribution is -0.289. The maximum Gasteiger partial charge on any atom is 0.432 e. The lowest BCUT2D eigenvalue weighted by Gasteiger charge is -2.71. The molecule has 0 radical (unpaired) electrons. The number of ether oxygens (including phenoxy) is 1. The average Bonchev–Trinajstić information content (AvgIpc) is 3.00. The Balaban J connectivity index is 1.58. The second kappa shape index (κ2) is 5.38. The van der Waals surface area contributed by atoms with Crippen LogP contribution in [0.4, 0.5) is 22.0 Å². The van der Waals surface area contributed by atoms with Crippen LogP contribution in [-0.4, -0.2) is 34.8 Å². The Morgan fingerprint density at radius 3 is 2.35 bits per heavy atom. The van der Waals surface area contributed by atoms with Crippen molar-refractivity contribution in [3.05, 3.63) is 0 Å². The molecule has 7 atom stereocenters. The third-order valence-electron chi connectivity index (χ3n) is 6.96. The zero-order valence-electron chi connectivity index (χ0n) is 13.7. The number of carbonyl (C=O) groups excluding carboxylic acids is 1. The van der Waals surface area contributed by atoms with Gasteiger partial charge in [0.2, 0.25) is 0 Å². The van der Waals surface area contributed by atoms with Crippen molar-refractivity contribution in [2.24, 2.45) is 28.6 Å². The van der Waals surface area contributed by atoms with Crippen LogP contribution in [0.3, 0.4) is 0 Å². The van der Waals surface area contributed by atoms with Crippen molar-refractivity contribution in [1.82, 2.24) is 0 Å². The van der Waals surface area contributed by atoms with Crippen molar-refractivity contribution in [2.45, 2.75) is 49.6 Å². The molecule has 148 valence electrons. The normalized spacial score (nSPS) is 42.5. The summed E-state index contributed by atoms with van der Waals surface area (Å²) in [7, 11) is 0.723.